The zero-order valence-electron chi connectivity index (χ0n) is 8.73. The highest BCUT2D eigenvalue weighted by atomic mass is 35.5. The van der Waals surface area contributed by atoms with E-state index in [1.54, 1.807) is 18.7 Å². The summed E-state index contributed by atoms with van der Waals surface area (Å²) in [4.78, 5) is 19.7. The normalized spacial score (nSPS) is 10.9. The first-order chi connectivity index (χ1) is 6.95. The number of rotatable bonds is 5. The summed E-state index contributed by atoms with van der Waals surface area (Å²) in [5, 5.41) is 8.27. The number of carboxylic acids is 1. The number of carboxylic acid groups (broad SMARTS) is 1. The van der Waals surface area contributed by atoms with Crippen LogP contribution < -0.4 is 5.73 Å². The summed E-state index contributed by atoms with van der Waals surface area (Å²) < 4.78 is 4.17. The van der Waals surface area contributed by atoms with Crippen LogP contribution in [-0.2, 0) is 9.53 Å². The van der Waals surface area contributed by atoms with Crippen molar-refractivity contribution in [2.75, 3.05) is 18.6 Å². The van der Waals surface area contributed by atoms with E-state index in [1.165, 1.54) is 0 Å². The van der Waals surface area contributed by atoms with Crippen LogP contribution in [0.25, 0.3) is 0 Å². The molecule has 0 aromatic carbocycles. The summed E-state index contributed by atoms with van der Waals surface area (Å²) >= 11 is 6.32. The van der Waals surface area contributed by atoms with Gasteiger partial charge in [-0.3, -0.25) is 4.79 Å². The molecule has 0 heterocycles. The third-order valence-corrected chi connectivity index (χ3v) is 1.96. The Hall–Kier alpha value is -0.460. The molecule has 5 nitrogen and oxygen atoms in total. The van der Waals surface area contributed by atoms with E-state index in [-0.39, 0.29) is 0 Å². The van der Waals surface area contributed by atoms with Crippen molar-refractivity contribution in [2.45, 2.75) is 19.4 Å². The highest BCUT2D eigenvalue weighted by molar-refractivity contribution is 7.98. The zero-order chi connectivity index (χ0) is 12.3. The molecule has 0 saturated carbocycles. The number of nitrogens with two attached hydrogens (primary N) is 1. The smallest absolute Gasteiger partial charge is 0.403 e. The van der Waals surface area contributed by atoms with Gasteiger partial charge >= 0.3 is 11.4 Å². The molecule has 0 aliphatic rings. The maximum absolute atomic E-state index is 10.1. The van der Waals surface area contributed by atoms with Crippen LogP contribution in [0.2, 0.25) is 0 Å². The second-order valence-corrected chi connectivity index (χ2v) is 3.69. The van der Waals surface area contributed by atoms with Crippen LogP contribution >= 0.6 is 23.4 Å². The lowest BCUT2D eigenvalue weighted by Crippen LogP contribution is -2.30. The lowest BCUT2D eigenvalue weighted by atomic mass is 10.2. The molecule has 15 heavy (non-hydrogen) atoms. The Balaban J connectivity index is 0. The van der Waals surface area contributed by atoms with Gasteiger partial charge in [0.15, 0.2) is 0 Å². The standard InChI is InChI=1S/C5H11NO2S.C3H5ClO2/c1-9-3-2-4(6)5(7)8;1-2-6-3(4)5/h4H,2-3,6H2,1H3,(H,7,8);2H2,1H3/t4-;/m0./s1. The van der Waals surface area contributed by atoms with Crippen LogP contribution in [0.1, 0.15) is 13.3 Å². The number of carbonyl (C=O) groups is 2. The fourth-order valence-electron chi connectivity index (χ4n) is 0.482. The molecule has 7 heteroatoms. The summed E-state index contributed by atoms with van der Waals surface area (Å²) in [6, 6.07) is -0.683. The molecule has 0 aromatic heterocycles. The van der Waals surface area contributed by atoms with Crippen LogP contribution in [-0.4, -0.2) is 41.2 Å². The number of carbonyl (C=O) groups excluding carboxylic acids is 1. The SMILES string of the molecule is CCOC(=O)Cl.CSCC[C@H](N)C(=O)O. The minimum atomic E-state index is -0.913. The number of aliphatic carboxylic acids is 1. The minimum Gasteiger partial charge on any atom is -0.480 e. The van der Waals surface area contributed by atoms with Gasteiger partial charge in [0.1, 0.15) is 6.04 Å². The van der Waals surface area contributed by atoms with E-state index in [1.807, 2.05) is 6.26 Å². The lowest BCUT2D eigenvalue weighted by molar-refractivity contribution is -0.138. The van der Waals surface area contributed by atoms with E-state index >= 15 is 0 Å². The second kappa shape index (κ2) is 11.6. The molecule has 0 rings (SSSR count). The summed E-state index contributed by atoms with van der Waals surface area (Å²) in [6.45, 7) is 2.04. The summed E-state index contributed by atoms with van der Waals surface area (Å²) in [5.41, 5.74) is 4.45. The van der Waals surface area contributed by atoms with Crippen molar-refractivity contribution in [3.63, 3.8) is 0 Å². The number of halogens is 1. The molecular formula is C8H16ClNO4S. The predicted octanol–water partition coefficient (Wildman–Crippen LogP) is 1.53. The quantitative estimate of drug-likeness (QED) is 0.726. The molecular weight excluding hydrogens is 242 g/mol. The molecule has 0 aliphatic carbocycles. The van der Waals surface area contributed by atoms with Crippen LogP contribution in [0.4, 0.5) is 4.79 Å². The molecule has 0 spiro atoms. The molecule has 90 valence electrons. The van der Waals surface area contributed by atoms with Gasteiger partial charge in [0.2, 0.25) is 0 Å². The van der Waals surface area contributed by atoms with Crippen molar-refractivity contribution in [2.24, 2.45) is 5.73 Å². The molecule has 0 bridgehead atoms. The van der Waals surface area contributed by atoms with E-state index in [0.29, 0.717) is 13.0 Å². The third kappa shape index (κ3) is 16.2. The van der Waals surface area contributed by atoms with Gasteiger partial charge in [0.05, 0.1) is 6.61 Å². The molecule has 1 atom stereocenters. The zero-order valence-corrected chi connectivity index (χ0v) is 10.3. The van der Waals surface area contributed by atoms with Crippen LogP contribution in [0.3, 0.4) is 0 Å². The van der Waals surface area contributed by atoms with Gasteiger partial charge in [-0.15, -0.1) is 0 Å². The van der Waals surface area contributed by atoms with Gasteiger partial charge in [-0.2, -0.15) is 11.8 Å². The summed E-state index contributed by atoms with van der Waals surface area (Å²) in [5.74, 6) is -0.1000. The van der Waals surface area contributed by atoms with Crippen LogP contribution in [0.15, 0.2) is 0 Å². The highest BCUT2D eigenvalue weighted by Gasteiger charge is 2.08. The van der Waals surface area contributed by atoms with Crippen molar-refractivity contribution in [1.82, 2.24) is 0 Å². The molecule has 0 amide bonds. The van der Waals surface area contributed by atoms with Crippen LogP contribution in [0.5, 0.6) is 0 Å². The van der Waals surface area contributed by atoms with Gasteiger partial charge in [-0.05, 0) is 25.4 Å². The Morgan fingerprint density at radius 3 is 2.33 bits per heavy atom. The Bertz CT molecular complexity index is 191. The molecule has 0 saturated heterocycles. The molecule has 0 aromatic rings. The number of thioether (sulfide) groups is 1. The first kappa shape index (κ1) is 17.0. The van der Waals surface area contributed by atoms with Crippen molar-refractivity contribution >= 4 is 34.8 Å². The Morgan fingerprint density at radius 1 is 1.60 bits per heavy atom. The maximum Gasteiger partial charge on any atom is 0.403 e. The molecule has 3 N–H and O–H groups in total. The van der Waals surface area contributed by atoms with Crippen molar-refractivity contribution in [3.8, 4) is 0 Å². The third-order valence-electron chi connectivity index (χ3n) is 1.21. The van der Waals surface area contributed by atoms with E-state index < -0.39 is 17.4 Å². The van der Waals surface area contributed by atoms with Crippen molar-refractivity contribution < 1.29 is 19.4 Å². The maximum atomic E-state index is 10.1. The molecule has 0 aliphatic heterocycles. The van der Waals surface area contributed by atoms with Crippen molar-refractivity contribution in [1.29, 1.82) is 0 Å². The van der Waals surface area contributed by atoms with Gasteiger partial charge in [0, 0.05) is 11.6 Å². The largest absolute Gasteiger partial charge is 0.480 e. The fourth-order valence-corrected chi connectivity index (χ4v) is 1.08. The highest BCUT2D eigenvalue weighted by Crippen LogP contribution is 1.97. The second-order valence-electron chi connectivity index (χ2n) is 2.40. The van der Waals surface area contributed by atoms with Crippen molar-refractivity contribution in [3.05, 3.63) is 0 Å². The fraction of sp³-hybridized carbons (Fsp3) is 0.750. The number of ether oxygens (including phenoxy) is 1. The van der Waals surface area contributed by atoms with E-state index in [4.69, 9.17) is 22.4 Å². The summed E-state index contributed by atoms with van der Waals surface area (Å²) in [7, 11) is 0. The van der Waals surface area contributed by atoms with Gasteiger partial charge < -0.3 is 15.6 Å². The molecule has 0 unspecified atom stereocenters. The molecule has 0 radical (unpaired) electrons. The minimum absolute atomic E-state index is 0.350. The van der Waals surface area contributed by atoms with Gasteiger partial charge in [-0.25, -0.2) is 4.79 Å². The van der Waals surface area contributed by atoms with E-state index in [2.05, 4.69) is 4.74 Å². The number of hydrogen-bond donors (Lipinski definition) is 2. The van der Waals surface area contributed by atoms with E-state index in [0.717, 1.165) is 5.75 Å². The first-order valence-electron chi connectivity index (χ1n) is 4.25. The Kier molecular flexibility index (Phi) is 13.1. The van der Waals surface area contributed by atoms with Gasteiger partial charge in [-0.1, -0.05) is 0 Å². The Labute approximate surface area is 98.3 Å². The average Bonchev–Trinajstić information content (AvgIpc) is 2.14. The van der Waals surface area contributed by atoms with E-state index in [9.17, 15) is 9.59 Å². The number of hydrogen-bond acceptors (Lipinski definition) is 5. The molecule has 0 fully saturated rings. The summed E-state index contributed by atoms with van der Waals surface area (Å²) in [6.07, 6.45) is 2.48. The Morgan fingerprint density at radius 2 is 2.13 bits per heavy atom. The lowest BCUT2D eigenvalue weighted by Gasteiger charge is -2.02. The monoisotopic (exact) mass is 257 g/mol. The predicted molar refractivity (Wildman–Crippen MR) is 61.5 cm³/mol. The average molecular weight is 258 g/mol. The topological polar surface area (TPSA) is 89.6 Å². The van der Waals surface area contributed by atoms with Gasteiger partial charge in [0.25, 0.3) is 0 Å². The first-order valence-corrected chi connectivity index (χ1v) is 6.02. The van der Waals surface area contributed by atoms with Crippen LogP contribution in [0, 0.1) is 0 Å².